The van der Waals surface area contributed by atoms with Crippen molar-refractivity contribution in [3.63, 3.8) is 0 Å². The zero-order chi connectivity index (χ0) is 7.98. The lowest BCUT2D eigenvalue weighted by Crippen LogP contribution is -1.95. The Balaban J connectivity index is 3.89. The van der Waals surface area contributed by atoms with Crippen molar-refractivity contribution in [3.8, 4) is 0 Å². The van der Waals surface area contributed by atoms with E-state index in [1.165, 1.54) is 6.21 Å². The molecule has 0 aliphatic heterocycles. The normalized spacial score (nSPS) is 12.4. The number of nitrogens with zero attached hydrogens (tertiary/aromatic N) is 1. The molecule has 0 amide bonds. The molecule has 3 nitrogen and oxygen atoms in total. The molecule has 0 aromatic heterocycles. The van der Waals surface area contributed by atoms with Crippen LogP contribution in [0.15, 0.2) is 16.9 Å². The van der Waals surface area contributed by atoms with Crippen molar-refractivity contribution in [1.29, 1.82) is 5.41 Å². The van der Waals surface area contributed by atoms with E-state index >= 15 is 0 Å². The van der Waals surface area contributed by atoms with E-state index in [0.29, 0.717) is 5.82 Å². The number of hydrogen-bond acceptors (Lipinski definition) is 3. The molecule has 0 unspecified atom stereocenters. The van der Waals surface area contributed by atoms with Gasteiger partial charge in [-0.1, -0.05) is 6.92 Å². The first-order chi connectivity index (χ1) is 4.66. The van der Waals surface area contributed by atoms with Crippen molar-refractivity contribution in [1.82, 2.24) is 0 Å². The van der Waals surface area contributed by atoms with Gasteiger partial charge in [0.1, 0.15) is 10.4 Å². The Morgan fingerprint density at radius 2 is 2.40 bits per heavy atom. The number of nitrogens with two attached hydrogens (primary N) is 1. The van der Waals surface area contributed by atoms with Crippen molar-refractivity contribution in [2.24, 2.45) is 10.7 Å². The second kappa shape index (κ2) is 5.17. The molecule has 3 N–H and O–H groups in total. The molecule has 0 spiro atoms. The first-order valence-corrected chi connectivity index (χ1v) is 3.70. The van der Waals surface area contributed by atoms with E-state index < -0.39 is 0 Å². The molecule has 10 heavy (non-hydrogen) atoms. The van der Waals surface area contributed by atoms with Gasteiger partial charge in [0.15, 0.2) is 0 Å². The molecule has 0 heterocycles. The number of rotatable bonds is 3. The number of hydrogen-bond donors (Lipinski definition) is 2. The lowest BCUT2D eigenvalue weighted by Gasteiger charge is -1.88. The topological polar surface area (TPSA) is 62.2 Å². The van der Waals surface area contributed by atoms with Gasteiger partial charge in [-0.15, -0.1) is 0 Å². The van der Waals surface area contributed by atoms with Crippen LogP contribution >= 0.6 is 15.9 Å². The molecule has 0 saturated heterocycles. The molecule has 0 rings (SSSR count). The van der Waals surface area contributed by atoms with Gasteiger partial charge in [0, 0.05) is 0 Å². The molecule has 0 aromatic rings. The molecule has 0 aliphatic rings. The van der Waals surface area contributed by atoms with Gasteiger partial charge in [-0.2, -0.15) is 0 Å². The minimum atomic E-state index is 0.222. The maximum Gasteiger partial charge on any atom is 0.119 e. The van der Waals surface area contributed by atoms with Gasteiger partial charge in [-0.05, 0) is 28.4 Å². The van der Waals surface area contributed by atoms with E-state index in [9.17, 15) is 0 Å². The van der Waals surface area contributed by atoms with Crippen LogP contribution in [0.1, 0.15) is 13.3 Å². The van der Waals surface area contributed by atoms with Gasteiger partial charge in [0.2, 0.25) is 0 Å². The summed E-state index contributed by atoms with van der Waals surface area (Å²) in [6.45, 7) is 1.97. The minimum absolute atomic E-state index is 0.222. The van der Waals surface area contributed by atoms with E-state index in [1.807, 2.05) is 6.92 Å². The van der Waals surface area contributed by atoms with Crippen LogP contribution in [-0.4, -0.2) is 10.8 Å². The Morgan fingerprint density at radius 3 is 2.80 bits per heavy atom. The zero-order valence-corrected chi connectivity index (χ0v) is 7.35. The molecule has 0 bridgehead atoms. The Bertz CT molecular complexity index is 172. The minimum Gasteiger partial charge on any atom is -0.384 e. The van der Waals surface area contributed by atoms with Crippen LogP contribution in [-0.2, 0) is 0 Å². The van der Waals surface area contributed by atoms with Crippen LogP contribution in [0.2, 0.25) is 0 Å². The standard InChI is InChI=1S/C6H10BrN3/c1-2-3-6(9)10-4-5(7)8/h3-4,8H,2,9H2,1H3/b6-3-,8-5?,10-4-. The molecule has 0 fully saturated rings. The first kappa shape index (κ1) is 9.36. The molecule has 0 saturated carbocycles. The Kier molecular flexibility index (Phi) is 4.84. The highest BCUT2D eigenvalue weighted by Gasteiger charge is 1.82. The summed E-state index contributed by atoms with van der Waals surface area (Å²) in [4.78, 5) is 3.76. The molecule has 0 aliphatic carbocycles. The summed E-state index contributed by atoms with van der Waals surface area (Å²) in [5, 5.41) is 6.90. The molecule has 0 aromatic carbocycles. The van der Waals surface area contributed by atoms with Crippen molar-refractivity contribution in [2.45, 2.75) is 13.3 Å². The van der Waals surface area contributed by atoms with E-state index in [2.05, 4.69) is 20.9 Å². The molecule has 0 radical (unpaired) electrons. The highest BCUT2D eigenvalue weighted by Crippen LogP contribution is 1.89. The summed E-state index contributed by atoms with van der Waals surface area (Å²) in [6.07, 6.45) is 3.99. The number of halogens is 1. The lowest BCUT2D eigenvalue weighted by molar-refractivity contribution is 1.14. The van der Waals surface area contributed by atoms with Gasteiger partial charge >= 0.3 is 0 Å². The molecular weight excluding hydrogens is 194 g/mol. The van der Waals surface area contributed by atoms with E-state index in [4.69, 9.17) is 11.1 Å². The second-order valence-electron chi connectivity index (χ2n) is 1.64. The average Bonchev–Trinajstić information content (AvgIpc) is 1.85. The Labute approximate surface area is 68.7 Å². The summed E-state index contributed by atoms with van der Waals surface area (Å²) >= 11 is 2.91. The van der Waals surface area contributed by atoms with Gasteiger partial charge in [0.05, 0.1) is 6.21 Å². The summed E-state index contributed by atoms with van der Waals surface area (Å²) < 4.78 is 0.222. The largest absolute Gasteiger partial charge is 0.384 e. The van der Waals surface area contributed by atoms with Crippen molar-refractivity contribution in [2.75, 3.05) is 0 Å². The van der Waals surface area contributed by atoms with Crippen LogP contribution in [0, 0.1) is 5.41 Å². The third-order valence-electron chi connectivity index (χ3n) is 0.740. The second-order valence-corrected chi connectivity index (χ2v) is 2.50. The Hall–Kier alpha value is -0.640. The van der Waals surface area contributed by atoms with E-state index in [-0.39, 0.29) is 4.62 Å². The highest BCUT2D eigenvalue weighted by molar-refractivity contribution is 9.19. The van der Waals surface area contributed by atoms with E-state index in [0.717, 1.165) is 6.42 Å². The smallest absolute Gasteiger partial charge is 0.119 e. The quantitative estimate of drug-likeness (QED) is 0.674. The third-order valence-corrected chi connectivity index (χ3v) is 0.945. The van der Waals surface area contributed by atoms with Crippen molar-refractivity contribution < 1.29 is 0 Å². The first-order valence-electron chi connectivity index (χ1n) is 2.90. The van der Waals surface area contributed by atoms with E-state index in [1.54, 1.807) is 6.08 Å². The average molecular weight is 204 g/mol. The van der Waals surface area contributed by atoms with Crippen LogP contribution in [0.5, 0.6) is 0 Å². The van der Waals surface area contributed by atoms with Crippen LogP contribution in [0.4, 0.5) is 0 Å². The lowest BCUT2D eigenvalue weighted by atomic mass is 10.4. The van der Waals surface area contributed by atoms with Gasteiger partial charge < -0.3 is 5.73 Å². The van der Waals surface area contributed by atoms with Crippen molar-refractivity contribution >= 4 is 26.8 Å². The fraction of sp³-hybridized carbons (Fsp3) is 0.333. The van der Waals surface area contributed by atoms with Crippen LogP contribution < -0.4 is 5.73 Å². The van der Waals surface area contributed by atoms with Crippen molar-refractivity contribution in [3.05, 3.63) is 11.9 Å². The van der Waals surface area contributed by atoms with Crippen LogP contribution in [0.25, 0.3) is 0 Å². The SMILES string of the molecule is CC/C=C(N)\N=C/C(=N)Br. The molecule has 56 valence electrons. The zero-order valence-electron chi connectivity index (χ0n) is 5.76. The van der Waals surface area contributed by atoms with Gasteiger partial charge in [-0.3, -0.25) is 5.41 Å². The monoisotopic (exact) mass is 203 g/mol. The fourth-order valence-electron chi connectivity index (χ4n) is 0.393. The van der Waals surface area contributed by atoms with Crippen LogP contribution in [0.3, 0.4) is 0 Å². The predicted molar refractivity (Wildman–Crippen MR) is 47.7 cm³/mol. The summed E-state index contributed by atoms with van der Waals surface area (Å²) in [5.41, 5.74) is 5.38. The highest BCUT2D eigenvalue weighted by atomic mass is 79.9. The Morgan fingerprint density at radius 1 is 1.80 bits per heavy atom. The maximum atomic E-state index is 6.90. The molecule has 0 atom stereocenters. The number of aliphatic imine (C=N–C) groups is 1. The maximum absolute atomic E-state index is 6.90. The fourth-order valence-corrected chi connectivity index (χ4v) is 0.495. The molecule has 4 heteroatoms. The number of nitrogens with one attached hydrogen (secondary N) is 1. The molecular formula is C6H10BrN3. The number of allylic oxidation sites excluding steroid dienone is 1. The summed E-state index contributed by atoms with van der Waals surface area (Å²) in [7, 11) is 0. The van der Waals surface area contributed by atoms with Gasteiger partial charge in [-0.25, -0.2) is 4.99 Å². The van der Waals surface area contributed by atoms with Gasteiger partial charge in [0.25, 0.3) is 0 Å². The summed E-state index contributed by atoms with van der Waals surface area (Å²) in [6, 6.07) is 0. The predicted octanol–water partition coefficient (Wildman–Crippen LogP) is 1.64. The third kappa shape index (κ3) is 5.50. The summed E-state index contributed by atoms with van der Waals surface area (Å²) in [5.74, 6) is 0.451.